The predicted octanol–water partition coefficient (Wildman–Crippen LogP) is 3.54. The van der Waals surface area contributed by atoms with Crippen LogP contribution in [-0.4, -0.2) is 72.1 Å². The Labute approximate surface area is 194 Å². The van der Waals surface area contributed by atoms with E-state index in [2.05, 4.69) is 22.0 Å². The summed E-state index contributed by atoms with van der Waals surface area (Å²) in [5.74, 6) is -7.54. The quantitative estimate of drug-likeness (QED) is 0.492. The molecule has 1 amide bonds. The van der Waals surface area contributed by atoms with Gasteiger partial charge in [0.25, 0.3) is 5.91 Å². The summed E-state index contributed by atoms with van der Waals surface area (Å²) in [5, 5.41) is 11.8. The molecule has 1 fully saturated rings. The highest BCUT2D eigenvalue weighted by Crippen LogP contribution is 2.35. The van der Waals surface area contributed by atoms with Crippen LogP contribution >= 0.6 is 0 Å². The van der Waals surface area contributed by atoms with Crippen molar-refractivity contribution in [3.63, 3.8) is 0 Å². The normalized spacial score (nSPS) is 19.4. The number of aromatic carboxylic acids is 1. The lowest BCUT2D eigenvalue weighted by Crippen LogP contribution is -2.46. The summed E-state index contributed by atoms with van der Waals surface area (Å²) < 4.78 is 48.8. The Balaban J connectivity index is 2.07. The molecule has 0 atom stereocenters. The highest BCUT2D eigenvalue weighted by atomic mass is 19.3. The molecule has 0 bridgehead atoms. The van der Waals surface area contributed by atoms with E-state index in [-0.39, 0.29) is 35.0 Å². The number of aliphatic imine (C=N–C) groups is 2. The molecule has 2 N–H and O–H groups in total. The lowest BCUT2D eigenvalue weighted by atomic mass is 10.1. The Morgan fingerprint density at radius 2 is 1.97 bits per heavy atom. The fourth-order valence-corrected chi connectivity index (χ4v) is 4.08. The van der Waals surface area contributed by atoms with Crippen LogP contribution in [0, 0.1) is 5.82 Å². The average Bonchev–Trinajstić information content (AvgIpc) is 3.31. The number of carbonyl (C=O) groups excluding carboxylic acids is 1. The maximum atomic E-state index is 14.7. The van der Waals surface area contributed by atoms with E-state index in [0.717, 1.165) is 29.9 Å². The van der Waals surface area contributed by atoms with Gasteiger partial charge in [0, 0.05) is 19.2 Å². The van der Waals surface area contributed by atoms with Gasteiger partial charge < -0.3 is 25.0 Å². The highest BCUT2D eigenvalue weighted by Gasteiger charge is 2.48. The van der Waals surface area contributed by atoms with Crippen LogP contribution in [-0.2, 0) is 4.79 Å². The fraction of sp³-hybridized carbons (Fsp3) is 0.455. The van der Waals surface area contributed by atoms with Gasteiger partial charge in [-0.1, -0.05) is 12.8 Å². The van der Waals surface area contributed by atoms with Crippen molar-refractivity contribution in [2.75, 3.05) is 26.0 Å². The third-order valence-corrected chi connectivity index (χ3v) is 5.98. The SMILES string of the molecule is C=N/C(=N\C1=C(C)N(C)C(=O)C(F)(F)CN1C1CCCC1)Nc1cc(F)c(C(=O)O)cc1OC. The largest absolute Gasteiger partial charge is 0.495 e. The van der Waals surface area contributed by atoms with Crippen molar-refractivity contribution < 1.29 is 32.6 Å². The van der Waals surface area contributed by atoms with E-state index >= 15 is 0 Å². The number of allylic oxidation sites excluding steroid dienone is 1. The minimum Gasteiger partial charge on any atom is -0.495 e. The minimum absolute atomic E-state index is 0.00482. The maximum absolute atomic E-state index is 14.7. The van der Waals surface area contributed by atoms with Gasteiger partial charge in [-0.2, -0.15) is 13.8 Å². The number of hydrogen-bond donors (Lipinski definition) is 2. The van der Waals surface area contributed by atoms with E-state index in [1.54, 1.807) is 0 Å². The van der Waals surface area contributed by atoms with Gasteiger partial charge in [-0.05, 0) is 32.5 Å². The molecule has 1 aliphatic heterocycles. The number of nitrogens with one attached hydrogen (secondary N) is 1. The summed E-state index contributed by atoms with van der Waals surface area (Å²) in [6.07, 6.45) is 3.06. The second-order valence-corrected chi connectivity index (χ2v) is 8.10. The lowest BCUT2D eigenvalue weighted by Gasteiger charge is -2.32. The lowest BCUT2D eigenvalue weighted by molar-refractivity contribution is -0.155. The van der Waals surface area contributed by atoms with Gasteiger partial charge >= 0.3 is 11.9 Å². The number of benzene rings is 1. The number of anilines is 1. The predicted molar refractivity (Wildman–Crippen MR) is 120 cm³/mol. The molecule has 34 heavy (non-hydrogen) atoms. The first-order valence-corrected chi connectivity index (χ1v) is 10.6. The summed E-state index contributed by atoms with van der Waals surface area (Å²) >= 11 is 0. The molecular weight excluding hydrogens is 455 g/mol. The van der Waals surface area contributed by atoms with Crippen molar-refractivity contribution >= 4 is 30.2 Å². The zero-order valence-corrected chi connectivity index (χ0v) is 19.1. The van der Waals surface area contributed by atoms with E-state index in [1.807, 2.05) is 0 Å². The molecule has 0 aromatic heterocycles. The summed E-state index contributed by atoms with van der Waals surface area (Å²) in [4.78, 5) is 34.0. The number of ether oxygens (including phenoxy) is 1. The average molecular weight is 481 g/mol. The summed E-state index contributed by atoms with van der Waals surface area (Å²) in [6.45, 7) is 4.10. The number of halogens is 3. The minimum atomic E-state index is -3.62. The van der Waals surface area contributed by atoms with E-state index in [0.29, 0.717) is 12.8 Å². The maximum Gasteiger partial charge on any atom is 0.342 e. The highest BCUT2D eigenvalue weighted by molar-refractivity contribution is 5.99. The van der Waals surface area contributed by atoms with Crippen molar-refractivity contribution in [2.45, 2.75) is 44.6 Å². The molecule has 0 spiro atoms. The van der Waals surface area contributed by atoms with Crippen LogP contribution in [0.1, 0.15) is 43.0 Å². The number of alkyl halides is 2. The molecule has 1 aromatic carbocycles. The number of guanidine groups is 1. The first-order valence-electron chi connectivity index (χ1n) is 10.6. The molecule has 2 aliphatic rings. The zero-order valence-electron chi connectivity index (χ0n) is 19.1. The van der Waals surface area contributed by atoms with Crippen LogP contribution in [0.4, 0.5) is 18.9 Å². The first-order chi connectivity index (χ1) is 16.0. The number of rotatable bonds is 5. The van der Waals surface area contributed by atoms with Gasteiger partial charge in [-0.3, -0.25) is 4.79 Å². The smallest absolute Gasteiger partial charge is 0.342 e. The van der Waals surface area contributed by atoms with Crippen LogP contribution < -0.4 is 10.1 Å². The molecular formula is C22H26F3N5O4. The summed E-state index contributed by atoms with van der Waals surface area (Å²) in [7, 11) is 2.52. The van der Waals surface area contributed by atoms with Crippen molar-refractivity contribution in [3.05, 3.63) is 35.0 Å². The van der Waals surface area contributed by atoms with Gasteiger partial charge in [0.2, 0.25) is 5.96 Å². The van der Waals surface area contributed by atoms with Crippen molar-refractivity contribution in [1.82, 2.24) is 9.80 Å². The first kappa shape index (κ1) is 25.1. The summed E-state index contributed by atoms with van der Waals surface area (Å²) in [5.41, 5.74) is -0.397. The van der Waals surface area contributed by atoms with E-state index in [4.69, 9.17) is 9.84 Å². The molecule has 0 radical (unpaired) electrons. The molecule has 0 saturated heterocycles. The molecule has 1 heterocycles. The monoisotopic (exact) mass is 481 g/mol. The number of carboxylic acids is 1. The zero-order chi connectivity index (χ0) is 25.2. The molecule has 1 aromatic rings. The number of carbonyl (C=O) groups is 2. The van der Waals surface area contributed by atoms with E-state index in [9.17, 15) is 22.8 Å². The Hall–Kier alpha value is -3.57. The van der Waals surface area contributed by atoms with E-state index < -0.39 is 35.7 Å². The molecule has 1 aliphatic carbocycles. The Kier molecular flexibility index (Phi) is 7.18. The molecule has 9 nitrogen and oxygen atoms in total. The second-order valence-electron chi connectivity index (χ2n) is 8.10. The Bertz CT molecular complexity index is 1070. The van der Waals surface area contributed by atoms with Gasteiger partial charge in [-0.25, -0.2) is 14.2 Å². The van der Waals surface area contributed by atoms with Crippen LogP contribution in [0.25, 0.3) is 0 Å². The third kappa shape index (κ3) is 4.85. The van der Waals surface area contributed by atoms with Gasteiger partial charge in [0.1, 0.15) is 11.6 Å². The van der Waals surface area contributed by atoms with Crippen molar-refractivity contribution in [1.29, 1.82) is 0 Å². The molecule has 0 unspecified atom stereocenters. The standard InChI is InChI=1S/C22H26F3N5O4/c1-12-18(30(13-7-5-6-8-13)11-22(24,25)20(33)29(12)3)28-21(26-2)27-16-10-15(23)14(19(31)32)9-17(16)34-4/h9-10,13H,2,5-8,11H2,1,3-4H3,(H,27,28)(H,31,32). The van der Waals surface area contributed by atoms with E-state index in [1.165, 1.54) is 26.0 Å². The topological polar surface area (TPSA) is 107 Å². The van der Waals surface area contributed by atoms with Gasteiger partial charge in [-0.15, -0.1) is 0 Å². The number of carboxylic acid groups (broad SMARTS) is 1. The number of nitrogens with zero attached hydrogens (tertiary/aromatic N) is 4. The molecule has 12 heteroatoms. The number of methoxy groups -OCH3 is 1. The third-order valence-electron chi connectivity index (χ3n) is 5.98. The van der Waals surface area contributed by atoms with Gasteiger partial charge in [0.15, 0.2) is 5.82 Å². The second kappa shape index (κ2) is 9.74. The summed E-state index contributed by atoms with van der Waals surface area (Å²) in [6, 6.07) is 1.65. The molecule has 1 saturated carbocycles. The van der Waals surface area contributed by atoms with Crippen molar-refractivity contribution in [3.8, 4) is 5.75 Å². The fourth-order valence-electron chi connectivity index (χ4n) is 4.08. The Morgan fingerprint density at radius 3 is 2.53 bits per heavy atom. The van der Waals surface area contributed by atoms with Gasteiger partial charge in [0.05, 0.1) is 30.6 Å². The van der Waals surface area contributed by atoms with Crippen molar-refractivity contribution in [2.24, 2.45) is 9.98 Å². The van der Waals surface area contributed by atoms with Crippen LogP contribution in [0.2, 0.25) is 0 Å². The number of hydrogen-bond acceptors (Lipinski definition) is 5. The number of amides is 1. The molecule has 184 valence electrons. The van der Waals surface area contributed by atoms with Crippen LogP contribution in [0.5, 0.6) is 5.75 Å². The molecule has 3 rings (SSSR count). The van der Waals surface area contributed by atoms with Crippen LogP contribution in [0.3, 0.4) is 0 Å². The van der Waals surface area contributed by atoms with Crippen LogP contribution in [0.15, 0.2) is 33.6 Å². The Morgan fingerprint density at radius 1 is 1.32 bits per heavy atom.